The Balaban J connectivity index is 1.60. The summed E-state index contributed by atoms with van der Waals surface area (Å²) in [4.78, 5) is 25.7. The molecule has 2 aromatic carbocycles. The van der Waals surface area contributed by atoms with Gasteiger partial charge in [0.15, 0.2) is 0 Å². The number of piperidine rings is 1. The number of rotatable bonds is 7. The lowest BCUT2D eigenvalue weighted by atomic mass is 9.84. The van der Waals surface area contributed by atoms with Gasteiger partial charge in [-0.15, -0.1) is 0 Å². The minimum atomic E-state index is -0.315. The maximum absolute atomic E-state index is 13.3. The monoisotopic (exact) mass is 440 g/mol. The van der Waals surface area contributed by atoms with Crippen molar-refractivity contribution in [1.82, 2.24) is 0 Å². The molecule has 2 aliphatic rings. The van der Waals surface area contributed by atoms with Crippen molar-refractivity contribution in [3.05, 3.63) is 69.5 Å². The van der Waals surface area contributed by atoms with Gasteiger partial charge in [0.25, 0.3) is 5.69 Å². The van der Waals surface area contributed by atoms with Crippen LogP contribution in [0.5, 0.6) is 0 Å². The van der Waals surface area contributed by atoms with Crippen LogP contribution >= 0.6 is 0 Å². The third kappa shape index (κ3) is 4.33. The van der Waals surface area contributed by atoms with Crippen molar-refractivity contribution < 1.29 is 18.8 Å². The van der Waals surface area contributed by atoms with Gasteiger partial charge < -0.3 is 9.64 Å². The summed E-state index contributed by atoms with van der Waals surface area (Å²) in [6.45, 7) is 1.97. The molecular weight excluding hydrogens is 411 g/mol. The van der Waals surface area contributed by atoms with Crippen LogP contribution in [0.15, 0.2) is 42.5 Å². The Labute approximate surface area is 187 Å². The summed E-state index contributed by atoms with van der Waals surface area (Å²) in [5.41, 5.74) is 2.70. The second-order valence-corrected chi connectivity index (χ2v) is 8.90. The zero-order valence-corrected chi connectivity index (χ0v) is 18.5. The number of anilines is 1. The van der Waals surface area contributed by atoms with Gasteiger partial charge in [-0.2, -0.15) is 0 Å². The molecule has 2 saturated heterocycles. The van der Waals surface area contributed by atoms with Gasteiger partial charge in [-0.05, 0) is 73.3 Å². The third-order valence-corrected chi connectivity index (χ3v) is 7.15. The minimum Gasteiger partial charge on any atom is -0.469 e. The van der Waals surface area contributed by atoms with Crippen molar-refractivity contribution in [3.63, 3.8) is 0 Å². The Morgan fingerprint density at radius 2 is 1.84 bits per heavy atom. The molecule has 0 radical (unpaired) electrons. The first-order valence-corrected chi connectivity index (χ1v) is 11.3. The maximum atomic E-state index is 13.3. The summed E-state index contributed by atoms with van der Waals surface area (Å²) in [7, 11) is 1.35. The topological polar surface area (TPSA) is 72.7 Å². The first kappa shape index (κ1) is 22.2. The van der Waals surface area contributed by atoms with Crippen molar-refractivity contribution in [2.45, 2.75) is 69.4 Å². The Hall–Kier alpha value is -2.96. The van der Waals surface area contributed by atoms with Crippen LogP contribution in [0.2, 0.25) is 0 Å². The van der Waals surface area contributed by atoms with Gasteiger partial charge in [0.1, 0.15) is 11.5 Å². The van der Waals surface area contributed by atoms with Gasteiger partial charge >= 0.3 is 5.97 Å². The fraction of sp³-hybridized carbons (Fsp3) is 0.480. The number of methoxy groups -OCH3 is 1. The van der Waals surface area contributed by atoms with Crippen LogP contribution in [0.3, 0.4) is 0 Å². The fourth-order valence-corrected chi connectivity index (χ4v) is 5.52. The second-order valence-electron chi connectivity index (χ2n) is 8.90. The first-order valence-electron chi connectivity index (χ1n) is 11.3. The number of nitro groups is 1. The number of nitrogens with zero attached hydrogens (tertiary/aromatic N) is 2. The number of hydrogen-bond acceptors (Lipinski definition) is 5. The van der Waals surface area contributed by atoms with E-state index in [1.165, 1.54) is 19.2 Å². The number of benzene rings is 2. The van der Waals surface area contributed by atoms with E-state index in [0.29, 0.717) is 18.0 Å². The highest BCUT2D eigenvalue weighted by molar-refractivity contribution is 5.71. The van der Waals surface area contributed by atoms with Gasteiger partial charge in [-0.1, -0.05) is 25.1 Å². The van der Waals surface area contributed by atoms with Crippen LogP contribution < -0.4 is 4.90 Å². The molecule has 4 rings (SSSR count). The normalized spacial score (nSPS) is 23.1. The Morgan fingerprint density at radius 3 is 2.41 bits per heavy atom. The quantitative estimate of drug-likeness (QED) is 0.313. The zero-order chi connectivity index (χ0) is 22.8. The molecule has 2 bridgehead atoms. The number of fused-ring (bicyclic) bond motifs is 2. The third-order valence-electron chi connectivity index (χ3n) is 7.15. The molecule has 0 aromatic heterocycles. The molecule has 2 aliphatic heterocycles. The van der Waals surface area contributed by atoms with Crippen molar-refractivity contribution >= 4 is 17.3 Å². The molecule has 0 aliphatic carbocycles. The summed E-state index contributed by atoms with van der Waals surface area (Å²) in [5, 5.41) is 12.0. The van der Waals surface area contributed by atoms with Gasteiger partial charge in [0.2, 0.25) is 0 Å². The molecule has 2 aromatic rings. The van der Waals surface area contributed by atoms with E-state index in [-0.39, 0.29) is 46.8 Å². The molecule has 2 unspecified atom stereocenters. The molecule has 7 heteroatoms. The molecule has 170 valence electrons. The van der Waals surface area contributed by atoms with E-state index in [1.54, 1.807) is 6.07 Å². The number of halogens is 1. The summed E-state index contributed by atoms with van der Waals surface area (Å²) >= 11 is 0. The Bertz CT molecular complexity index is 980. The Morgan fingerprint density at radius 1 is 1.19 bits per heavy atom. The molecule has 0 N–H and O–H groups in total. The lowest BCUT2D eigenvalue weighted by molar-refractivity contribution is -0.384. The Kier molecular flexibility index (Phi) is 6.44. The number of nitro benzene ring substituents is 1. The number of carbonyl (C=O) groups is 1. The standard InChI is InChI=1S/C25H29FN2O4/c1-3-16(15-25(29)32-2)18-6-11-23(24(14-18)28(30)31)27-21-9-10-22(27)13-19(12-21)17-4-7-20(26)8-5-17/h4-8,11,14,16,19,21-22H,3,9-10,12-13,15H2,1-2H3/t16-,19?,21?,22?/m0/s1. The van der Waals surface area contributed by atoms with E-state index >= 15 is 0 Å². The molecule has 0 spiro atoms. The van der Waals surface area contributed by atoms with Gasteiger partial charge in [-0.3, -0.25) is 14.9 Å². The van der Waals surface area contributed by atoms with E-state index in [2.05, 4.69) is 4.90 Å². The predicted octanol–water partition coefficient (Wildman–Crippen LogP) is 5.71. The van der Waals surface area contributed by atoms with Crippen molar-refractivity contribution in [3.8, 4) is 0 Å². The van der Waals surface area contributed by atoms with Crippen molar-refractivity contribution in [2.24, 2.45) is 0 Å². The minimum absolute atomic E-state index is 0.1000. The van der Waals surface area contributed by atoms with Crippen molar-refractivity contribution in [2.75, 3.05) is 12.0 Å². The van der Waals surface area contributed by atoms with Gasteiger partial charge in [0, 0.05) is 18.2 Å². The van der Waals surface area contributed by atoms with Gasteiger partial charge in [0.05, 0.1) is 18.5 Å². The van der Waals surface area contributed by atoms with E-state index in [0.717, 1.165) is 36.8 Å². The van der Waals surface area contributed by atoms with Crippen LogP contribution in [-0.2, 0) is 9.53 Å². The molecule has 3 atom stereocenters. The average Bonchev–Trinajstić information content (AvgIpc) is 3.06. The number of hydrogen-bond donors (Lipinski definition) is 0. The first-order chi connectivity index (χ1) is 15.4. The molecule has 6 nitrogen and oxygen atoms in total. The fourth-order valence-electron chi connectivity index (χ4n) is 5.52. The number of esters is 1. The molecule has 32 heavy (non-hydrogen) atoms. The second kappa shape index (κ2) is 9.27. The highest BCUT2D eigenvalue weighted by Crippen LogP contribution is 2.48. The summed E-state index contributed by atoms with van der Waals surface area (Å²) < 4.78 is 18.1. The SMILES string of the molecule is CC[C@@H](CC(=O)OC)c1ccc(N2C3CCC2CC(c2ccc(F)cc2)C3)c([N+](=O)[O-])c1. The average molecular weight is 441 g/mol. The summed E-state index contributed by atoms with van der Waals surface area (Å²) in [5.74, 6) is -0.324. The lowest BCUT2D eigenvalue weighted by Gasteiger charge is -2.40. The summed E-state index contributed by atoms with van der Waals surface area (Å²) in [6.07, 6.45) is 4.71. The number of carbonyl (C=O) groups excluding carboxylic acids is 1. The van der Waals surface area contributed by atoms with Crippen LogP contribution in [0.25, 0.3) is 0 Å². The molecule has 0 amide bonds. The van der Waals surface area contributed by atoms with Crippen LogP contribution in [0.4, 0.5) is 15.8 Å². The number of ether oxygens (including phenoxy) is 1. The largest absolute Gasteiger partial charge is 0.469 e. The van der Waals surface area contributed by atoms with Gasteiger partial charge in [-0.25, -0.2) is 4.39 Å². The zero-order valence-electron chi connectivity index (χ0n) is 18.5. The van der Waals surface area contributed by atoms with E-state index in [9.17, 15) is 19.3 Å². The maximum Gasteiger partial charge on any atom is 0.306 e. The van der Waals surface area contributed by atoms with Crippen molar-refractivity contribution in [1.29, 1.82) is 0 Å². The van der Waals surface area contributed by atoms with E-state index in [1.807, 2.05) is 31.2 Å². The summed E-state index contributed by atoms with van der Waals surface area (Å²) in [6, 6.07) is 12.6. The highest BCUT2D eigenvalue weighted by atomic mass is 19.1. The van der Waals surface area contributed by atoms with E-state index < -0.39 is 0 Å². The lowest BCUT2D eigenvalue weighted by Crippen LogP contribution is -2.42. The predicted molar refractivity (Wildman–Crippen MR) is 120 cm³/mol. The van der Waals surface area contributed by atoms with Crippen LogP contribution in [-0.4, -0.2) is 30.1 Å². The van der Waals surface area contributed by atoms with E-state index in [4.69, 9.17) is 4.74 Å². The molecule has 2 fully saturated rings. The van der Waals surface area contributed by atoms with Crippen LogP contribution in [0.1, 0.15) is 68.4 Å². The smallest absolute Gasteiger partial charge is 0.306 e. The molecule has 2 heterocycles. The molecular formula is C25H29FN2O4. The van der Waals surface area contributed by atoms with Crippen LogP contribution in [0, 0.1) is 15.9 Å². The molecule has 0 saturated carbocycles. The highest BCUT2D eigenvalue weighted by Gasteiger charge is 2.43.